The summed E-state index contributed by atoms with van der Waals surface area (Å²) in [6.45, 7) is 6.66. The molecule has 0 aromatic heterocycles. The fourth-order valence-electron chi connectivity index (χ4n) is 3.37. The first kappa shape index (κ1) is 23.0. The Morgan fingerprint density at radius 3 is 1.26 bits per heavy atom. The molecule has 0 rings (SSSR count). The van der Waals surface area contributed by atoms with Gasteiger partial charge in [-0.3, -0.25) is 0 Å². The zero-order chi connectivity index (χ0) is 17.2. The third-order valence-corrected chi connectivity index (χ3v) is 5.06. The Morgan fingerprint density at radius 2 is 0.913 bits per heavy atom. The van der Waals surface area contributed by atoms with Crippen molar-refractivity contribution < 1.29 is 5.11 Å². The van der Waals surface area contributed by atoms with E-state index < -0.39 is 0 Å². The maximum absolute atomic E-state index is 10.2. The number of hydrogen-bond acceptors (Lipinski definition) is 1. The zero-order valence-corrected chi connectivity index (χ0v) is 16.5. The van der Waals surface area contributed by atoms with Crippen molar-refractivity contribution in [2.75, 3.05) is 0 Å². The second-order valence-electron chi connectivity index (χ2n) is 7.32. The Kier molecular flexibility index (Phi) is 18.3. The lowest BCUT2D eigenvalue weighted by Gasteiger charge is -2.21. The molecule has 1 atom stereocenters. The molecule has 0 spiro atoms. The predicted molar refractivity (Wildman–Crippen MR) is 105 cm³/mol. The van der Waals surface area contributed by atoms with Crippen LogP contribution in [0.5, 0.6) is 0 Å². The van der Waals surface area contributed by atoms with Gasteiger partial charge in [-0.25, -0.2) is 0 Å². The van der Waals surface area contributed by atoms with Crippen molar-refractivity contribution in [1.82, 2.24) is 0 Å². The van der Waals surface area contributed by atoms with Gasteiger partial charge in [0, 0.05) is 5.92 Å². The van der Waals surface area contributed by atoms with Crippen LogP contribution in [-0.2, 0) is 0 Å². The Bertz CT molecular complexity index is 214. The van der Waals surface area contributed by atoms with Crippen molar-refractivity contribution in [3.8, 4) is 0 Å². The highest BCUT2D eigenvalue weighted by Crippen LogP contribution is 2.25. The summed E-state index contributed by atoms with van der Waals surface area (Å²) >= 11 is 0. The highest BCUT2D eigenvalue weighted by atomic mass is 16.3. The minimum Gasteiger partial charge on any atom is -0.393 e. The molecule has 0 aliphatic carbocycles. The molecule has 1 radical (unpaired) electrons. The van der Waals surface area contributed by atoms with Gasteiger partial charge in [-0.2, -0.15) is 0 Å². The van der Waals surface area contributed by atoms with Gasteiger partial charge >= 0.3 is 0 Å². The van der Waals surface area contributed by atoms with E-state index in [2.05, 4.69) is 20.8 Å². The first-order chi connectivity index (χ1) is 11.3. The largest absolute Gasteiger partial charge is 0.393 e. The molecule has 0 bridgehead atoms. The van der Waals surface area contributed by atoms with Crippen molar-refractivity contribution in [1.29, 1.82) is 0 Å². The summed E-state index contributed by atoms with van der Waals surface area (Å²) in [6, 6.07) is 0. The van der Waals surface area contributed by atoms with E-state index in [1.807, 2.05) is 0 Å². The first-order valence-electron chi connectivity index (χ1n) is 10.8. The highest BCUT2D eigenvalue weighted by molar-refractivity contribution is 4.96. The van der Waals surface area contributed by atoms with Gasteiger partial charge in [0.2, 0.25) is 0 Å². The molecule has 1 unspecified atom stereocenters. The van der Waals surface area contributed by atoms with Crippen LogP contribution in [0.1, 0.15) is 130 Å². The number of aliphatic hydroxyl groups is 1. The maximum atomic E-state index is 10.2. The topological polar surface area (TPSA) is 20.2 Å². The number of aliphatic hydroxyl groups excluding tert-OH is 1. The Labute approximate surface area is 147 Å². The van der Waals surface area contributed by atoms with Gasteiger partial charge in [0.15, 0.2) is 0 Å². The van der Waals surface area contributed by atoms with E-state index in [1.54, 1.807) is 0 Å². The van der Waals surface area contributed by atoms with Crippen LogP contribution >= 0.6 is 0 Å². The quantitative estimate of drug-likeness (QED) is 0.257. The minimum atomic E-state index is -0.143. The first-order valence-corrected chi connectivity index (χ1v) is 10.8. The molecule has 0 saturated carbocycles. The molecule has 0 aromatic carbocycles. The van der Waals surface area contributed by atoms with Gasteiger partial charge in [-0.1, -0.05) is 111 Å². The smallest absolute Gasteiger partial charge is 0.0600 e. The molecule has 0 heterocycles. The molecule has 0 aliphatic rings. The third kappa shape index (κ3) is 15.2. The molecule has 0 aromatic rings. The van der Waals surface area contributed by atoms with Crippen LogP contribution in [-0.4, -0.2) is 11.2 Å². The normalized spacial score (nSPS) is 12.9. The average Bonchev–Trinajstić information content (AvgIpc) is 2.57. The van der Waals surface area contributed by atoms with E-state index in [0.29, 0.717) is 0 Å². The summed E-state index contributed by atoms with van der Waals surface area (Å²) in [6.07, 6.45) is 22.2. The summed E-state index contributed by atoms with van der Waals surface area (Å²) in [5.74, 6) is 1.44. The number of hydrogen-bond donors (Lipinski definition) is 1. The van der Waals surface area contributed by atoms with Crippen LogP contribution in [0.4, 0.5) is 0 Å². The zero-order valence-electron chi connectivity index (χ0n) is 16.5. The van der Waals surface area contributed by atoms with Crippen LogP contribution in [0.25, 0.3) is 0 Å². The van der Waals surface area contributed by atoms with Gasteiger partial charge in [0.25, 0.3) is 0 Å². The van der Waals surface area contributed by atoms with Crippen LogP contribution in [0.2, 0.25) is 0 Å². The summed E-state index contributed by atoms with van der Waals surface area (Å²) in [7, 11) is 0. The molecule has 1 heteroatoms. The Hall–Kier alpha value is -0.0400. The fraction of sp³-hybridized carbons (Fsp3) is 0.955. The van der Waals surface area contributed by atoms with Crippen molar-refractivity contribution >= 4 is 0 Å². The number of rotatable bonds is 18. The van der Waals surface area contributed by atoms with E-state index in [-0.39, 0.29) is 6.10 Å². The number of unbranched alkanes of at least 4 members (excludes halogenated alkanes) is 12. The van der Waals surface area contributed by atoms with Crippen molar-refractivity contribution in [2.24, 2.45) is 0 Å². The second-order valence-corrected chi connectivity index (χ2v) is 7.32. The van der Waals surface area contributed by atoms with Gasteiger partial charge in [0.05, 0.1) is 6.10 Å². The summed E-state index contributed by atoms with van der Waals surface area (Å²) in [5.41, 5.74) is 0. The molecule has 0 amide bonds. The third-order valence-electron chi connectivity index (χ3n) is 5.06. The molecule has 0 saturated heterocycles. The van der Waals surface area contributed by atoms with E-state index >= 15 is 0 Å². The monoisotopic (exact) mass is 325 g/mol. The van der Waals surface area contributed by atoms with Crippen LogP contribution < -0.4 is 0 Å². The van der Waals surface area contributed by atoms with Gasteiger partial charge in [0.1, 0.15) is 0 Å². The van der Waals surface area contributed by atoms with Crippen LogP contribution in [0.3, 0.4) is 0 Å². The van der Waals surface area contributed by atoms with E-state index in [0.717, 1.165) is 12.8 Å². The SMILES string of the molecule is CCCCCCCCCC[C](CCCCCCCC)C(O)CC. The van der Waals surface area contributed by atoms with Gasteiger partial charge in [-0.05, 0) is 19.3 Å². The average molecular weight is 326 g/mol. The molecule has 1 N–H and O–H groups in total. The standard InChI is InChI=1S/C22H45O/c1-4-7-9-11-13-14-16-18-20-21(22(23)6-3)19-17-15-12-10-8-5-2/h22-23H,4-20H2,1-3H3. The van der Waals surface area contributed by atoms with Crippen molar-refractivity contribution in [3.63, 3.8) is 0 Å². The van der Waals surface area contributed by atoms with Crippen LogP contribution in [0.15, 0.2) is 0 Å². The lowest BCUT2D eigenvalue weighted by Crippen LogP contribution is -2.17. The van der Waals surface area contributed by atoms with E-state index in [1.165, 1.54) is 102 Å². The van der Waals surface area contributed by atoms with Gasteiger partial charge in [-0.15, -0.1) is 0 Å². The maximum Gasteiger partial charge on any atom is 0.0600 e. The molecule has 23 heavy (non-hydrogen) atoms. The lowest BCUT2D eigenvalue weighted by molar-refractivity contribution is 0.169. The van der Waals surface area contributed by atoms with E-state index in [9.17, 15) is 5.11 Å². The molecule has 139 valence electrons. The molecule has 0 fully saturated rings. The molecule has 0 aliphatic heterocycles. The Morgan fingerprint density at radius 1 is 0.565 bits per heavy atom. The van der Waals surface area contributed by atoms with Crippen molar-refractivity contribution in [3.05, 3.63) is 5.92 Å². The highest BCUT2D eigenvalue weighted by Gasteiger charge is 2.17. The molecular weight excluding hydrogens is 280 g/mol. The summed E-state index contributed by atoms with van der Waals surface area (Å²) < 4.78 is 0. The summed E-state index contributed by atoms with van der Waals surface area (Å²) in [5, 5.41) is 10.2. The fourth-order valence-corrected chi connectivity index (χ4v) is 3.37. The predicted octanol–water partition coefficient (Wildman–Crippen LogP) is 7.61. The van der Waals surface area contributed by atoms with Crippen LogP contribution in [0, 0.1) is 5.92 Å². The van der Waals surface area contributed by atoms with E-state index in [4.69, 9.17) is 0 Å². The lowest BCUT2D eigenvalue weighted by atomic mass is 9.88. The van der Waals surface area contributed by atoms with Gasteiger partial charge < -0.3 is 5.11 Å². The molecule has 1 nitrogen and oxygen atoms in total. The second kappa shape index (κ2) is 18.3. The van der Waals surface area contributed by atoms with Crippen molar-refractivity contribution in [2.45, 2.75) is 136 Å². The minimum absolute atomic E-state index is 0.143. The Balaban J connectivity index is 3.63. The summed E-state index contributed by atoms with van der Waals surface area (Å²) in [4.78, 5) is 0. The molecular formula is C22H45O.